The average Bonchev–Trinajstić information content (AvgIpc) is 3.40. The van der Waals surface area contributed by atoms with Crippen LogP contribution in [0, 0.1) is 0 Å². The number of morpholine rings is 1. The van der Waals surface area contributed by atoms with Gasteiger partial charge in [0.2, 0.25) is 15.2 Å². The van der Waals surface area contributed by atoms with E-state index in [1.807, 2.05) is 24.3 Å². The van der Waals surface area contributed by atoms with E-state index in [0.717, 1.165) is 22.1 Å². The maximum absolute atomic E-state index is 12.7. The smallest absolute Gasteiger partial charge is 0.218 e. The predicted molar refractivity (Wildman–Crippen MR) is 101 cm³/mol. The van der Waals surface area contributed by atoms with Crippen molar-refractivity contribution in [2.75, 3.05) is 31.6 Å². The molecule has 4 rings (SSSR count). The maximum atomic E-state index is 12.7. The van der Waals surface area contributed by atoms with Gasteiger partial charge in [-0.15, -0.1) is 0 Å². The van der Waals surface area contributed by atoms with E-state index < -0.39 is 10.0 Å². The van der Waals surface area contributed by atoms with Gasteiger partial charge in [-0.25, -0.2) is 13.4 Å². The number of rotatable bonds is 7. The van der Waals surface area contributed by atoms with Gasteiger partial charge >= 0.3 is 0 Å². The highest BCUT2D eigenvalue weighted by Gasteiger charge is 2.28. The van der Waals surface area contributed by atoms with Crippen LogP contribution in [0.4, 0.5) is 5.13 Å². The second kappa shape index (κ2) is 7.59. The first-order valence-corrected chi connectivity index (χ1v) is 11.2. The lowest BCUT2D eigenvalue weighted by Crippen LogP contribution is -2.41. The lowest BCUT2D eigenvalue weighted by atomic mass is 10.1. The van der Waals surface area contributed by atoms with E-state index in [4.69, 9.17) is 4.74 Å². The molecule has 1 aromatic heterocycles. The van der Waals surface area contributed by atoms with Gasteiger partial charge in [0, 0.05) is 37.1 Å². The molecule has 2 fully saturated rings. The highest BCUT2D eigenvalue weighted by atomic mass is 32.2. The molecule has 1 aliphatic carbocycles. The van der Waals surface area contributed by atoms with E-state index in [1.54, 1.807) is 0 Å². The molecule has 7 nitrogen and oxygen atoms in total. The Kier molecular flexibility index (Phi) is 5.21. The fraction of sp³-hybridized carbons (Fsp3) is 0.529. The Hall–Kier alpha value is -1.55. The summed E-state index contributed by atoms with van der Waals surface area (Å²) in [5.74, 6) is 1.47. The van der Waals surface area contributed by atoms with Crippen LogP contribution in [0.3, 0.4) is 0 Å². The first kappa shape index (κ1) is 17.8. The van der Waals surface area contributed by atoms with Gasteiger partial charge < -0.3 is 10.1 Å². The van der Waals surface area contributed by atoms with Gasteiger partial charge in [0.25, 0.3) is 0 Å². The van der Waals surface area contributed by atoms with Crippen molar-refractivity contribution in [1.29, 1.82) is 0 Å². The third kappa shape index (κ3) is 4.22. The molecule has 2 aromatic rings. The zero-order chi connectivity index (χ0) is 18.0. The Morgan fingerprint density at radius 1 is 1.19 bits per heavy atom. The van der Waals surface area contributed by atoms with E-state index >= 15 is 0 Å². The Labute approximate surface area is 157 Å². The fourth-order valence-electron chi connectivity index (χ4n) is 2.97. The van der Waals surface area contributed by atoms with Crippen molar-refractivity contribution in [2.45, 2.75) is 31.1 Å². The molecular weight excluding hydrogens is 372 g/mol. The first-order valence-electron chi connectivity index (χ1n) is 8.82. The van der Waals surface area contributed by atoms with Gasteiger partial charge in [-0.3, -0.25) is 0 Å². The standard InChI is InChI=1S/C17H22N4O3S2/c22-26(23,21-7-9-24-10-8-21)12-15-4-2-1-3-14(15)11-18-17-19-16(20-25-17)13-5-6-13/h1-4,13H,5-12H2,(H,18,19,20). The summed E-state index contributed by atoms with van der Waals surface area (Å²) in [5, 5.41) is 4.08. The number of nitrogens with zero attached hydrogens (tertiary/aromatic N) is 3. The molecule has 1 saturated carbocycles. The van der Waals surface area contributed by atoms with E-state index in [1.165, 1.54) is 28.7 Å². The molecule has 0 unspecified atom stereocenters. The molecule has 0 atom stereocenters. The lowest BCUT2D eigenvalue weighted by Gasteiger charge is -2.26. The van der Waals surface area contributed by atoms with Crippen molar-refractivity contribution in [3.05, 3.63) is 41.2 Å². The first-order chi connectivity index (χ1) is 12.6. The summed E-state index contributed by atoms with van der Waals surface area (Å²) in [6.07, 6.45) is 2.36. The summed E-state index contributed by atoms with van der Waals surface area (Å²) in [5.41, 5.74) is 1.78. The van der Waals surface area contributed by atoms with Crippen LogP contribution in [0.15, 0.2) is 24.3 Å². The summed E-state index contributed by atoms with van der Waals surface area (Å²) in [4.78, 5) is 4.52. The minimum Gasteiger partial charge on any atom is -0.379 e. The lowest BCUT2D eigenvalue weighted by molar-refractivity contribution is 0.0729. The molecule has 140 valence electrons. The van der Waals surface area contributed by atoms with Gasteiger partial charge in [-0.2, -0.15) is 8.68 Å². The summed E-state index contributed by atoms with van der Waals surface area (Å²) in [7, 11) is -3.34. The zero-order valence-corrected chi connectivity index (χ0v) is 16.1. The van der Waals surface area contributed by atoms with Gasteiger partial charge in [-0.1, -0.05) is 24.3 Å². The van der Waals surface area contributed by atoms with Crippen LogP contribution in [0.25, 0.3) is 0 Å². The number of nitrogens with one attached hydrogen (secondary N) is 1. The molecule has 9 heteroatoms. The minimum absolute atomic E-state index is 0.00823. The third-order valence-corrected chi connectivity index (χ3v) is 7.15. The van der Waals surface area contributed by atoms with Crippen molar-refractivity contribution in [2.24, 2.45) is 0 Å². The second-order valence-corrected chi connectivity index (χ2v) is 9.34. The van der Waals surface area contributed by atoms with Gasteiger partial charge in [-0.05, 0) is 24.0 Å². The molecule has 26 heavy (non-hydrogen) atoms. The molecule has 0 spiro atoms. The van der Waals surface area contributed by atoms with Gasteiger partial charge in [0.15, 0.2) is 0 Å². The largest absolute Gasteiger partial charge is 0.379 e. The number of hydrogen-bond donors (Lipinski definition) is 1. The molecule has 2 aliphatic rings. The summed E-state index contributed by atoms with van der Waals surface area (Å²) >= 11 is 1.37. The summed E-state index contributed by atoms with van der Waals surface area (Å²) < 4.78 is 36.6. The van der Waals surface area contributed by atoms with Crippen molar-refractivity contribution >= 4 is 26.7 Å². The van der Waals surface area contributed by atoms with Crippen LogP contribution in [0.1, 0.15) is 35.7 Å². The molecule has 1 aliphatic heterocycles. The third-order valence-electron chi connectivity index (χ3n) is 4.63. The number of anilines is 1. The van der Waals surface area contributed by atoms with E-state index in [2.05, 4.69) is 14.7 Å². The Bertz CT molecular complexity index is 858. The second-order valence-electron chi connectivity index (χ2n) is 6.62. The number of benzene rings is 1. The molecule has 0 radical (unpaired) electrons. The Balaban J connectivity index is 1.43. The number of aromatic nitrogens is 2. The van der Waals surface area contributed by atoms with E-state index in [0.29, 0.717) is 38.8 Å². The number of ether oxygens (including phenoxy) is 1. The molecule has 1 N–H and O–H groups in total. The predicted octanol–water partition coefficient (Wildman–Crippen LogP) is 2.19. The topological polar surface area (TPSA) is 84.4 Å². The van der Waals surface area contributed by atoms with Crippen LogP contribution in [0.2, 0.25) is 0 Å². The van der Waals surface area contributed by atoms with E-state index in [-0.39, 0.29) is 5.75 Å². The molecule has 0 bridgehead atoms. The SMILES string of the molecule is O=S(=O)(Cc1ccccc1CNc1nc(C2CC2)ns1)N1CCOCC1. The van der Waals surface area contributed by atoms with Gasteiger partial charge in [0.1, 0.15) is 5.82 Å². The van der Waals surface area contributed by atoms with Crippen molar-refractivity contribution in [3.63, 3.8) is 0 Å². The van der Waals surface area contributed by atoms with Crippen molar-refractivity contribution in [1.82, 2.24) is 13.7 Å². The van der Waals surface area contributed by atoms with Crippen molar-refractivity contribution in [3.8, 4) is 0 Å². The van der Waals surface area contributed by atoms with Crippen LogP contribution >= 0.6 is 11.5 Å². The quantitative estimate of drug-likeness (QED) is 0.775. The van der Waals surface area contributed by atoms with Gasteiger partial charge in [0.05, 0.1) is 19.0 Å². The highest BCUT2D eigenvalue weighted by molar-refractivity contribution is 7.88. The summed E-state index contributed by atoms with van der Waals surface area (Å²) in [6, 6.07) is 7.64. The molecular formula is C17H22N4O3S2. The van der Waals surface area contributed by atoms with Crippen LogP contribution in [-0.4, -0.2) is 48.4 Å². The molecule has 2 heterocycles. The number of hydrogen-bond acceptors (Lipinski definition) is 7. The monoisotopic (exact) mass is 394 g/mol. The Morgan fingerprint density at radius 3 is 2.65 bits per heavy atom. The van der Waals surface area contributed by atoms with Crippen molar-refractivity contribution < 1.29 is 13.2 Å². The van der Waals surface area contributed by atoms with Crippen LogP contribution in [-0.2, 0) is 27.1 Å². The fourth-order valence-corrected chi connectivity index (χ4v) is 5.17. The average molecular weight is 395 g/mol. The normalized spacial score (nSPS) is 18.8. The summed E-state index contributed by atoms with van der Waals surface area (Å²) in [6.45, 7) is 2.31. The minimum atomic E-state index is -3.34. The maximum Gasteiger partial charge on any atom is 0.218 e. The van der Waals surface area contributed by atoms with Crippen LogP contribution < -0.4 is 5.32 Å². The zero-order valence-electron chi connectivity index (χ0n) is 14.4. The molecule has 0 amide bonds. The number of sulfonamides is 1. The van der Waals surface area contributed by atoms with Crippen LogP contribution in [0.5, 0.6) is 0 Å². The Morgan fingerprint density at radius 2 is 1.92 bits per heavy atom. The molecule has 1 aromatic carbocycles. The highest BCUT2D eigenvalue weighted by Crippen LogP contribution is 2.39. The molecule has 1 saturated heterocycles. The van der Waals surface area contributed by atoms with E-state index in [9.17, 15) is 8.42 Å².